The molecule has 0 spiro atoms. The van der Waals surface area contributed by atoms with E-state index in [2.05, 4.69) is 23.9 Å². The maximum absolute atomic E-state index is 10.8. The second-order valence-electron chi connectivity index (χ2n) is 5.60. The van der Waals surface area contributed by atoms with Crippen molar-refractivity contribution in [3.8, 4) is 0 Å². The van der Waals surface area contributed by atoms with E-state index in [4.69, 9.17) is 0 Å². The smallest absolute Gasteiger partial charge is 0.293 e. The molecule has 1 heterocycles. The molecule has 0 aromatic rings. The maximum Gasteiger partial charge on any atom is 0.293 e. The van der Waals surface area contributed by atoms with Crippen molar-refractivity contribution in [2.24, 2.45) is 0 Å². The first kappa shape index (κ1) is 15.1. The van der Waals surface area contributed by atoms with Crippen LogP contribution in [0.4, 0.5) is 0 Å². The van der Waals surface area contributed by atoms with Crippen LogP contribution >= 0.6 is 0 Å². The van der Waals surface area contributed by atoms with Crippen LogP contribution in [0, 0.1) is 0 Å². The number of ketones is 1. The highest BCUT2D eigenvalue weighted by atomic mass is 16.5. The molecule has 4 nitrogen and oxygen atoms in total. The Morgan fingerprint density at radius 1 is 1.38 bits per heavy atom. The Balaban J connectivity index is 0.000000293. The molecule has 0 atom stereocenters. The monoisotopic (exact) mass is 229 g/mol. The highest BCUT2D eigenvalue weighted by Crippen LogP contribution is 2.13. The van der Waals surface area contributed by atoms with Crippen LogP contribution in [-0.2, 0) is 14.3 Å². The highest BCUT2D eigenvalue weighted by molar-refractivity contribution is 5.80. The first-order valence-electron chi connectivity index (χ1n) is 5.54. The van der Waals surface area contributed by atoms with Crippen LogP contribution < -0.4 is 5.32 Å². The second-order valence-corrected chi connectivity index (χ2v) is 5.60. The van der Waals surface area contributed by atoms with Crippen LogP contribution in [0.5, 0.6) is 0 Å². The molecule has 16 heavy (non-hydrogen) atoms. The van der Waals surface area contributed by atoms with Gasteiger partial charge in [0.25, 0.3) is 6.47 Å². The Kier molecular flexibility index (Phi) is 5.65. The lowest BCUT2D eigenvalue weighted by Gasteiger charge is -2.29. The number of carbonyl (C=O) groups excluding carboxylic acids is 2. The molecular formula is C12H23NO3. The van der Waals surface area contributed by atoms with Gasteiger partial charge >= 0.3 is 0 Å². The second kappa shape index (κ2) is 5.99. The van der Waals surface area contributed by atoms with Gasteiger partial charge in [0.2, 0.25) is 0 Å². The van der Waals surface area contributed by atoms with Gasteiger partial charge in [0, 0.05) is 24.9 Å². The number of hydrogen-bond acceptors (Lipinski definition) is 4. The molecule has 0 saturated carbocycles. The average Bonchev–Trinajstić information content (AvgIpc) is 1.99. The third-order valence-corrected chi connectivity index (χ3v) is 2.05. The topological polar surface area (TPSA) is 55.4 Å². The fourth-order valence-corrected chi connectivity index (χ4v) is 1.33. The van der Waals surface area contributed by atoms with Crippen molar-refractivity contribution in [1.82, 2.24) is 5.32 Å². The highest BCUT2D eigenvalue weighted by Gasteiger charge is 2.24. The summed E-state index contributed by atoms with van der Waals surface area (Å²) in [5.41, 5.74) is -0.267. The average molecular weight is 229 g/mol. The van der Waals surface area contributed by atoms with Crippen LogP contribution in [0.25, 0.3) is 0 Å². The summed E-state index contributed by atoms with van der Waals surface area (Å²) in [6.45, 7) is 10.9. The van der Waals surface area contributed by atoms with Crippen molar-refractivity contribution in [2.75, 3.05) is 6.54 Å². The number of hydrogen-bond donors (Lipinski definition) is 1. The van der Waals surface area contributed by atoms with Gasteiger partial charge in [-0.2, -0.15) is 0 Å². The quantitative estimate of drug-likeness (QED) is 0.695. The van der Waals surface area contributed by atoms with E-state index >= 15 is 0 Å². The lowest BCUT2D eigenvalue weighted by molar-refractivity contribution is -0.138. The van der Waals surface area contributed by atoms with Gasteiger partial charge in [-0.15, -0.1) is 0 Å². The lowest BCUT2D eigenvalue weighted by Crippen LogP contribution is -2.46. The largest absolute Gasteiger partial charge is 0.462 e. The molecule has 0 aromatic carbocycles. The Labute approximate surface area is 97.7 Å². The number of ether oxygens (including phenoxy) is 1. The molecule has 0 amide bonds. The van der Waals surface area contributed by atoms with Crippen LogP contribution in [0.3, 0.4) is 0 Å². The van der Waals surface area contributed by atoms with Gasteiger partial charge in [0.05, 0.1) is 0 Å². The van der Waals surface area contributed by atoms with E-state index in [1.54, 1.807) is 0 Å². The number of nitrogens with one attached hydrogen (secondary N) is 1. The normalized spacial score (nSPS) is 19.4. The van der Waals surface area contributed by atoms with E-state index < -0.39 is 0 Å². The molecule has 1 aliphatic rings. The van der Waals surface area contributed by atoms with Crippen LogP contribution in [0.15, 0.2) is 0 Å². The minimum absolute atomic E-state index is 0.0509. The molecule has 1 N–H and O–H groups in total. The van der Waals surface area contributed by atoms with Crippen molar-refractivity contribution in [3.63, 3.8) is 0 Å². The minimum Gasteiger partial charge on any atom is -0.462 e. The third kappa shape index (κ3) is 8.41. The Bertz CT molecular complexity index is 241. The standard InChI is InChI=1S/C7H13NO.C5H10O2/c1-7(2)5-6(9)3-4-8-7;1-5(2,3)7-4-6/h8H,3-5H2,1-2H3;4H,1-3H3. The SMILES string of the molecule is CC(C)(C)OC=O.CC1(C)CC(=O)CCN1. The molecule has 0 bridgehead atoms. The van der Waals surface area contributed by atoms with Crippen LogP contribution in [0.2, 0.25) is 0 Å². The summed E-state index contributed by atoms with van der Waals surface area (Å²) in [7, 11) is 0. The van der Waals surface area contributed by atoms with Gasteiger partial charge in [0.1, 0.15) is 11.4 Å². The molecule has 94 valence electrons. The van der Waals surface area contributed by atoms with Gasteiger partial charge in [-0.3, -0.25) is 9.59 Å². The molecule has 1 rings (SSSR count). The summed E-state index contributed by atoms with van der Waals surface area (Å²) in [4.78, 5) is 20.4. The van der Waals surface area contributed by atoms with Crippen molar-refractivity contribution >= 4 is 12.3 Å². The molecular weight excluding hydrogens is 206 g/mol. The molecule has 0 aliphatic carbocycles. The summed E-state index contributed by atoms with van der Waals surface area (Å²) in [5.74, 6) is 0.388. The lowest BCUT2D eigenvalue weighted by atomic mass is 9.92. The summed E-state index contributed by atoms with van der Waals surface area (Å²) < 4.78 is 4.55. The summed E-state index contributed by atoms with van der Waals surface area (Å²) in [6, 6.07) is 0. The third-order valence-electron chi connectivity index (χ3n) is 2.05. The number of Topliss-reactive ketones (excluding diaryl/α,β-unsaturated/α-hetero) is 1. The maximum atomic E-state index is 10.8. The molecule has 1 fully saturated rings. The van der Waals surface area contributed by atoms with Gasteiger partial charge in [-0.1, -0.05) is 0 Å². The molecule has 1 aliphatic heterocycles. The predicted octanol–water partition coefficient (Wildman–Crippen LogP) is 1.68. The molecule has 4 heteroatoms. The van der Waals surface area contributed by atoms with E-state index in [1.807, 2.05) is 20.8 Å². The first-order chi connectivity index (χ1) is 7.16. The zero-order chi connectivity index (χ0) is 12.8. The van der Waals surface area contributed by atoms with E-state index in [0.717, 1.165) is 6.54 Å². The van der Waals surface area contributed by atoms with Crippen molar-refractivity contribution in [3.05, 3.63) is 0 Å². The number of carbonyl (C=O) groups is 2. The Morgan fingerprint density at radius 2 is 1.94 bits per heavy atom. The van der Waals surface area contributed by atoms with E-state index in [0.29, 0.717) is 25.1 Å². The molecule has 0 unspecified atom stereocenters. The Hall–Kier alpha value is -0.900. The predicted molar refractivity (Wildman–Crippen MR) is 63.2 cm³/mol. The van der Waals surface area contributed by atoms with E-state index in [9.17, 15) is 9.59 Å². The number of piperidine rings is 1. The van der Waals surface area contributed by atoms with Crippen molar-refractivity contribution in [1.29, 1.82) is 0 Å². The van der Waals surface area contributed by atoms with Gasteiger partial charge in [0.15, 0.2) is 0 Å². The fourth-order valence-electron chi connectivity index (χ4n) is 1.33. The van der Waals surface area contributed by atoms with E-state index in [-0.39, 0.29) is 11.1 Å². The zero-order valence-corrected chi connectivity index (χ0v) is 10.9. The summed E-state index contributed by atoms with van der Waals surface area (Å²) in [6.07, 6.45) is 1.40. The zero-order valence-electron chi connectivity index (χ0n) is 10.9. The summed E-state index contributed by atoms with van der Waals surface area (Å²) >= 11 is 0. The van der Waals surface area contributed by atoms with Crippen LogP contribution in [0.1, 0.15) is 47.5 Å². The van der Waals surface area contributed by atoms with Crippen LogP contribution in [-0.4, -0.2) is 29.9 Å². The minimum atomic E-state index is -0.318. The van der Waals surface area contributed by atoms with Crippen molar-refractivity contribution in [2.45, 2.75) is 58.6 Å². The Morgan fingerprint density at radius 3 is 2.12 bits per heavy atom. The van der Waals surface area contributed by atoms with Gasteiger partial charge < -0.3 is 10.1 Å². The van der Waals surface area contributed by atoms with Gasteiger partial charge in [-0.25, -0.2) is 0 Å². The molecule has 0 aromatic heterocycles. The van der Waals surface area contributed by atoms with E-state index in [1.165, 1.54) is 0 Å². The fraction of sp³-hybridized carbons (Fsp3) is 0.833. The number of rotatable bonds is 1. The summed E-state index contributed by atoms with van der Waals surface area (Å²) in [5, 5.41) is 3.27. The first-order valence-corrected chi connectivity index (χ1v) is 5.54. The van der Waals surface area contributed by atoms with Gasteiger partial charge in [-0.05, 0) is 34.6 Å². The molecule has 0 radical (unpaired) electrons. The van der Waals surface area contributed by atoms with Crippen molar-refractivity contribution < 1.29 is 14.3 Å². The molecule has 1 saturated heterocycles.